The summed E-state index contributed by atoms with van der Waals surface area (Å²) in [7, 11) is 0. The van der Waals surface area contributed by atoms with Crippen LogP contribution >= 0.6 is 0 Å². The molecule has 1 heterocycles. The number of aliphatic hydroxyl groups excluding tert-OH is 1. The number of rotatable bonds is 2. The number of halogens is 5. The molecule has 0 aliphatic heterocycles. The third-order valence-corrected chi connectivity index (χ3v) is 1.99. The van der Waals surface area contributed by atoms with Gasteiger partial charge in [0.2, 0.25) is 0 Å². The maximum atomic E-state index is 12.4. The third-order valence-electron chi connectivity index (χ3n) is 1.99. The van der Waals surface area contributed by atoms with Gasteiger partial charge in [-0.05, 0) is 0 Å². The molecule has 1 rings (SSSR count). The predicted molar refractivity (Wildman–Crippen MR) is 44.8 cm³/mol. The van der Waals surface area contributed by atoms with Crippen LogP contribution in [0.2, 0.25) is 0 Å². The molecule has 1 aromatic heterocycles. The van der Waals surface area contributed by atoms with Crippen molar-refractivity contribution in [1.82, 2.24) is 4.98 Å². The Labute approximate surface area is 92.1 Å². The van der Waals surface area contributed by atoms with Gasteiger partial charge in [-0.3, -0.25) is 0 Å². The Morgan fingerprint density at radius 2 is 2.00 bits per heavy atom. The summed E-state index contributed by atoms with van der Waals surface area (Å²) in [6.45, 7) is -1.09. The van der Waals surface area contributed by atoms with Crippen molar-refractivity contribution in [3.8, 4) is 6.07 Å². The van der Waals surface area contributed by atoms with Crippen LogP contribution in [-0.4, -0.2) is 10.1 Å². The van der Waals surface area contributed by atoms with Gasteiger partial charge in [-0.15, -0.1) is 0 Å². The van der Waals surface area contributed by atoms with Crippen LogP contribution in [0.15, 0.2) is 6.20 Å². The van der Waals surface area contributed by atoms with Crippen LogP contribution in [0.4, 0.5) is 22.0 Å². The summed E-state index contributed by atoms with van der Waals surface area (Å²) >= 11 is 0. The first kappa shape index (κ1) is 13.3. The molecule has 3 nitrogen and oxygen atoms in total. The number of aromatic nitrogens is 1. The molecular weight excluding hydrogens is 247 g/mol. The van der Waals surface area contributed by atoms with E-state index in [1.54, 1.807) is 0 Å². The van der Waals surface area contributed by atoms with E-state index in [0.29, 0.717) is 6.20 Å². The van der Waals surface area contributed by atoms with E-state index >= 15 is 0 Å². The Morgan fingerprint density at radius 3 is 2.35 bits per heavy atom. The van der Waals surface area contributed by atoms with E-state index in [2.05, 4.69) is 4.98 Å². The predicted octanol–water partition coefficient (Wildman–Crippen LogP) is 2.40. The minimum atomic E-state index is -4.93. The minimum absolute atomic E-state index is 0.319. The lowest BCUT2D eigenvalue weighted by atomic mass is 10.0. The topological polar surface area (TPSA) is 56.9 Å². The quantitative estimate of drug-likeness (QED) is 0.822. The fourth-order valence-corrected chi connectivity index (χ4v) is 1.26. The van der Waals surface area contributed by atoms with Crippen molar-refractivity contribution in [3.63, 3.8) is 0 Å². The van der Waals surface area contributed by atoms with Crippen molar-refractivity contribution in [2.75, 3.05) is 0 Å². The van der Waals surface area contributed by atoms with Gasteiger partial charge in [0.05, 0.1) is 12.2 Å². The summed E-state index contributed by atoms with van der Waals surface area (Å²) in [5.74, 6) is 0. The highest BCUT2D eigenvalue weighted by Gasteiger charge is 2.37. The molecule has 0 aliphatic rings. The van der Waals surface area contributed by atoms with Gasteiger partial charge in [0.1, 0.15) is 6.07 Å². The van der Waals surface area contributed by atoms with E-state index in [1.165, 1.54) is 0 Å². The number of alkyl halides is 5. The molecule has 0 atom stereocenters. The summed E-state index contributed by atoms with van der Waals surface area (Å²) in [4.78, 5) is 2.81. The molecule has 0 saturated carbocycles. The maximum absolute atomic E-state index is 12.4. The van der Waals surface area contributed by atoms with E-state index in [-0.39, 0.29) is 0 Å². The number of hydrogen-bond donors (Lipinski definition) is 1. The van der Waals surface area contributed by atoms with Crippen molar-refractivity contribution in [2.45, 2.75) is 19.2 Å². The molecule has 0 radical (unpaired) electrons. The minimum Gasteiger partial charge on any atom is -0.392 e. The zero-order valence-electron chi connectivity index (χ0n) is 8.09. The summed E-state index contributed by atoms with van der Waals surface area (Å²) in [6, 6.07) is 1.14. The molecule has 17 heavy (non-hydrogen) atoms. The Kier molecular flexibility index (Phi) is 3.63. The van der Waals surface area contributed by atoms with Gasteiger partial charge in [-0.1, -0.05) is 0 Å². The molecule has 1 aromatic rings. The number of aliphatic hydroxyl groups is 1. The summed E-state index contributed by atoms with van der Waals surface area (Å²) < 4.78 is 62.0. The Balaban J connectivity index is 3.56. The molecule has 0 saturated heterocycles. The van der Waals surface area contributed by atoms with Crippen molar-refractivity contribution < 1.29 is 27.1 Å². The van der Waals surface area contributed by atoms with E-state index in [9.17, 15) is 22.0 Å². The SMILES string of the molecule is N#Cc1c(C(F)(F)F)ncc(C(F)F)c1CO. The van der Waals surface area contributed by atoms with E-state index < -0.39 is 41.6 Å². The van der Waals surface area contributed by atoms with Gasteiger partial charge in [0.15, 0.2) is 5.69 Å². The van der Waals surface area contributed by atoms with Crippen LogP contribution in [-0.2, 0) is 12.8 Å². The Morgan fingerprint density at radius 1 is 1.41 bits per heavy atom. The van der Waals surface area contributed by atoms with Crippen LogP contribution < -0.4 is 0 Å². The zero-order valence-corrected chi connectivity index (χ0v) is 8.09. The fourth-order valence-electron chi connectivity index (χ4n) is 1.26. The first-order valence-corrected chi connectivity index (χ1v) is 4.21. The lowest BCUT2D eigenvalue weighted by Gasteiger charge is -2.13. The molecule has 0 aliphatic carbocycles. The van der Waals surface area contributed by atoms with Crippen molar-refractivity contribution >= 4 is 0 Å². The normalized spacial score (nSPS) is 11.6. The van der Waals surface area contributed by atoms with Gasteiger partial charge in [0, 0.05) is 17.3 Å². The second-order valence-corrected chi connectivity index (χ2v) is 2.98. The molecule has 0 amide bonds. The largest absolute Gasteiger partial charge is 0.434 e. The van der Waals surface area contributed by atoms with Gasteiger partial charge in [-0.2, -0.15) is 18.4 Å². The standard InChI is InChI=1S/C9H5F5N2O/c10-8(11)5-2-16-7(9(12,13)14)4(1-15)6(5)3-17/h2,8,17H,3H2. The molecular formula is C9H5F5N2O. The van der Waals surface area contributed by atoms with E-state index in [1.807, 2.05) is 0 Å². The monoisotopic (exact) mass is 252 g/mol. The van der Waals surface area contributed by atoms with Gasteiger partial charge in [-0.25, -0.2) is 13.8 Å². The second-order valence-electron chi connectivity index (χ2n) is 2.98. The molecule has 0 unspecified atom stereocenters. The number of pyridine rings is 1. The number of nitrogens with zero attached hydrogens (tertiary/aromatic N) is 2. The fraction of sp³-hybridized carbons (Fsp3) is 0.333. The van der Waals surface area contributed by atoms with Gasteiger partial charge in [0.25, 0.3) is 6.43 Å². The lowest BCUT2D eigenvalue weighted by molar-refractivity contribution is -0.141. The van der Waals surface area contributed by atoms with Crippen LogP contribution in [0.25, 0.3) is 0 Å². The van der Waals surface area contributed by atoms with E-state index in [4.69, 9.17) is 10.4 Å². The summed E-state index contributed by atoms with van der Waals surface area (Å²) in [6.07, 6.45) is -7.73. The Hall–Kier alpha value is -1.75. The highest BCUT2D eigenvalue weighted by Crippen LogP contribution is 2.34. The van der Waals surface area contributed by atoms with Crippen LogP contribution in [0.5, 0.6) is 0 Å². The third kappa shape index (κ3) is 2.50. The van der Waals surface area contributed by atoms with Crippen molar-refractivity contribution in [3.05, 3.63) is 28.6 Å². The second kappa shape index (κ2) is 4.63. The smallest absolute Gasteiger partial charge is 0.392 e. The van der Waals surface area contributed by atoms with Crippen molar-refractivity contribution in [2.24, 2.45) is 0 Å². The lowest BCUT2D eigenvalue weighted by Crippen LogP contribution is -2.14. The Bertz CT molecular complexity index is 464. The zero-order chi connectivity index (χ0) is 13.2. The maximum Gasteiger partial charge on any atom is 0.434 e. The highest BCUT2D eigenvalue weighted by atomic mass is 19.4. The molecule has 8 heteroatoms. The van der Waals surface area contributed by atoms with Gasteiger partial charge >= 0.3 is 6.18 Å². The molecule has 92 valence electrons. The van der Waals surface area contributed by atoms with Gasteiger partial charge < -0.3 is 5.11 Å². The molecule has 1 N–H and O–H groups in total. The number of nitriles is 1. The molecule has 0 bridgehead atoms. The highest BCUT2D eigenvalue weighted by molar-refractivity contribution is 5.46. The van der Waals surface area contributed by atoms with Crippen LogP contribution in [0.3, 0.4) is 0 Å². The molecule has 0 fully saturated rings. The molecule has 0 aromatic carbocycles. The first-order chi connectivity index (χ1) is 7.82. The average Bonchev–Trinajstić information content (AvgIpc) is 2.25. The number of hydrogen-bond acceptors (Lipinski definition) is 3. The summed E-state index contributed by atoms with van der Waals surface area (Å²) in [5, 5.41) is 17.3. The van der Waals surface area contributed by atoms with E-state index in [0.717, 1.165) is 6.07 Å². The van der Waals surface area contributed by atoms with Crippen LogP contribution in [0.1, 0.15) is 28.8 Å². The molecule has 0 spiro atoms. The average molecular weight is 252 g/mol. The van der Waals surface area contributed by atoms with Crippen LogP contribution in [0, 0.1) is 11.3 Å². The van der Waals surface area contributed by atoms with Crippen molar-refractivity contribution in [1.29, 1.82) is 5.26 Å². The first-order valence-electron chi connectivity index (χ1n) is 4.21. The summed E-state index contributed by atoms with van der Waals surface area (Å²) in [5.41, 5.74) is -4.27.